The first-order chi connectivity index (χ1) is 9.65. The van der Waals surface area contributed by atoms with Gasteiger partial charge < -0.3 is 10.6 Å². The molecular formula is C16H17N3S. The number of hydrogen-bond acceptors (Lipinski definition) is 4. The number of nitriles is 1. The number of anilines is 2. The van der Waals surface area contributed by atoms with Crippen molar-refractivity contribution in [2.45, 2.75) is 11.4 Å². The molecule has 0 unspecified atom stereocenters. The van der Waals surface area contributed by atoms with Crippen molar-refractivity contribution < 1.29 is 0 Å². The van der Waals surface area contributed by atoms with E-state index in [1.807, 2.05) is 55.8 Å². The molecule has 102 valence electrons. The summed E-state index contributed by atoms with van der Waals surface area (Å²) in [6.45, 7) is 0.743. The van der Waals surface area contributed by atoms with Crippen molar-refractivity contribution >= 4 is 23.1 Å². The lowest BCUT2D eigenvalue weighted by Gasteiger charge is -2.21. The molecule has 0 aliphatic heterocycles. The van der Waals surface area contributed by atoms with Crippen LogP contribution < -0.4 is 10.6 Å². The van der Waals surface area contributed by atoms with E-state index in [-0.39, 0.29) is 0 Å². The van der Waals surface area contributed by atoms with Gasteiger partial charge in [0.25, 0.3) is 0 Å². The molecule has 0 saturated heterocycles. The van der Waals surface area contributed by atoms with E-state index < -0.39 is 0 Å². The van der Waals surface area contributed by atoms with Crippen molar-refractivity contribution in [2.24, 2.45) is 0 Å². The molecule has 0 spiro atoms. The van der Waals surface area contributed by atoms with Gasteiger partial charge in [-0.2, -0.15) is 5.26 Å². The van der Waals surface area contributed by atoms with Gasteiger partial charge in [0.05, 0.1) is 11.3 Å². The third kappa shape index (κ3) is 3.06. The van der Waals surface area contributed by atoms with Crippen molar-refractivity contribution in [3.05, 3.63) is 53.6 Å². The number of nitrogens with two attached hydrogens (primary N) is 1. The van der Waals surface area contributed by atoms with E-state index in [2.05, 4.69) is 11.0 Å². The Hall–Kier alpha value is -2.12. The maximum atomic E-state index is 9.38. The predicted molar refractivity (Wildman–Crippen MR) is 85.9 cm³/mol. The lowest BCUT2D eigenvalue weighted by Crippen LogP contribution is -2.17. The van der Waals surface area contributed by atoms with Gasteiger partial charge in [0.15, 0.2) is 0 Å². The third-order valence-corrected chi connectivity index (χ3v) is 3.93. The summed E-state index contributed by atoms with van der Waals surface area (Å²) in [7, 11) is 2.00. The van der Waals surface area contributed by atoms with Crippen LogP contribution in [0.4, 0.5) is 11.4 Å². The average molecular weight is 283 g/mol. The molecule has 0 atom stereocenters. The zero-order valence-electron chi connectivity index (χ0n) is 11.6. The summed E-state index contributed by atoms with van der Waals surface area (Å²) in [5, 5.41) is 9.38. The highest BCUT2D eigenvalue weighted by atomic mass is 32.2. The molecule has 0 saturated carbocycles. The van der Waals surface area contributed by atoms with E-state index in [0.717, 1.165) is 28.4 Å². The smallest absolute Gasteiger partial charge is 0.103 e. The normalized spacial score (nSPS) is 10.1. The van der Waals surface area contributed by atoms with E-state index in [9.17, 15) is 5.26 Å². The van der Waals surface area contributed by atoms with Crippen molar-refractivity contribution in [3.8, 4) is 6.07 Å². The molecule has 0 aliphatic rings. The minimum absolute atomic E-state index is 0.734. The van der Waals surface area contributed by atoms with Gasteiger partial charge in [0, 0.05) is 24.2 Å². The van der Waals surface area contributed by atoms with Crippen LogP contribution in [-0.4, -0.2) is 13.3 Å². The van der Waals surface area contributed by atoms with Crippen LogP contribution >= 0.6 is 11.8 Å². The second kappa shape index (κ2) is 6.36. The zero-order chi connectivity index (χ0) is 14.5. The lowest BCUT2D eigenvalue weighted by molar-refractivity contribution is 0.918. The van der Waals surface area contributed by atoms with Crippen LogP contribution in [0.25, 0.3) is 0 Å². The second-order valence-corrected chi connectivity index (χ2v) is 5.41. The largest absolute Gasteiger partial charge is 0.399 e. The summed E-state index contributed by atoms with van der Waals surface area (Å²) in [5.41, 5.74) is 9.31. The maximum Gasteiger partial charge on any atom is 0.103 e. The van der Waals surface area contributed by atoms with Gasteiger partial charge in [0.1, 0.15) is 6.07 Å². The summed E-state index contributed by atoms with van der Waals surface area (Å²) < 4.78 is 0. The molecule has 0 aliphatic carbocycles. The first kappa shape index (κ1) is 14.3. The molecule has 2 aromatic rings. The predicted octanol–water partition coefficient (Wildman–Crippen LogP) is 3.50. The van der Waals surface area contributed by atoms with Gasteiger partial charge in [-0.05, 0) is 36.1 Å². The van der Waals surface area contributed by atoms with Crippen LogP contribution in [0.3, 0.4) is 0 Å². The van der Waals surface area contributed by atoms with Crippen LogP contribution in [0.15, 0.2) is 47.4 Å². The van der Waals surface area contributed by atoms with Gasteiger partial charge in [0.2, 0.25) is 0 Å². The minimum atomic E-state index is 0.734. The SMILES string of the molecule is CSc1cccc(N(C)Cc2ccc(N)cc2)c1C#N. The molecule has 0 bridgehead atoms. The fourth-order valence-corrected chi connectivity index (χ4v) is 2.67. The van der Waals surface area contributed by atoms with E-state index in [0.29, 0.717) is 0 Å². The fraction of sp³-hybridized carbons (Fsp3) is 0.188. The van der Waals surface area contributed by atoms with Gasteiger partial charge in [-0.1, -0.05) is 18.2 Å². The molecule has 3 nitrogen and oxygen atoms in total. The van der Waals surface area contributed by atoms with E-state index in [1.165, 1.54) is 5.56 Å². The van der Waals surface area contributed by atoms with Crippen molar-refractivity contribution in [3.63, 3.8) is 0 Å². The molecule has 20 heavy (non-hydrogen) atoms. The Bertz CT molecular complexity index is 629. The number of hydrogen-bond donors (Lipinski definition) is 1. The van der Waals surface area contributed by atoms with Crippen LogP contribution in [-0.2, 0) is 6.54 Å². The number of rotatable bonds is 4. The molecular weight excluding hydrogens is 266 g/mol. The molecule has 2 rings (SSSR count). The topological polar surface area (TPSA) is 53.0 Å². The fourth-order valence-electron chi connectivity index (χ4n) is 2.10. The standard InChI is InChI=1S/C16H17N3S/c1-19(11-12-6-8-13(18)9-7-12)15-4-3-5-16(20-2)14(15)10-17/h3-9H,11,18H2,1-2H3. The lowest BCUT2D eigenvalue weighted by atomic mass is 10.1. The summed E-state index contributed by atoms with van der Waals surface area (Å²) in [5.74, 6) is 0. The van der Waals surface area contributed by atoms with Crippen LogP contribution in [0.2, 0.25) is 0 Å². The highest BCUT2D eigenvalue weighted by molar-refractivity contribution is 7.98. The molecule has 4 heteroatoms. The monoisotopic (exact) mass is 283 g/mol. The summed E-state index contributed by atoms with van der Waals surface area (Å²) in [4.78, 5) is 3.10. The Morgan fingerprint density at radius 3 is 2.50 bits per heavy atom. The molecule has 2 aromatic carbocycles. The second-order valence-electron chi connectivity index (χ2n) is 4.56. The van der Waals surface area contributed by atoms with Gasteiger partial charge in [-0.3, -0.25) is 0 Å². The van der Waals surface area contributed by atoms with E-state index in [1.54, 1.807) is 11.8 Å². The summed E-state index contributed by atoms with van der Waals surface area (Å²) >= 11 is 1.59. The Balaban J connectivity index is 2.27. The molecule has 0 heterocycles. The Morgan fingerprint density at radius 1 is 1.20 bits per heavy atom. The van der Waals surface area contributed by atoms with Crippen molar-refractivity contribution in [2.75, 3.05) is 23.9 Å². The number of nitrogens with zero attached hydrogens (tertiary/aromatic N) is 2. The minimum Gasteiger partial charge on any atom is -0.399 e. The summed E-state index contributed by atoms with van der Waals surface area (Å²) in [6.07, 6.45) is 1.99. The van der Waals surface area contributed by atoms with Crippen molar-refractivity contribution in [1.82, 2.24) is 0 Å². The van der Waals surface area contributed by atoms with E-state index in [4.69, 9.17) is 5.73 Å². The Morgan fingerprint density at radius 2 is 1.90 bits per heavy atom. The van der Waals surface area contributed by atoms with Crippen molar-refractivity contribution in [1.29, 1.82) is 5.26 Å². The van der Waals surface area contributed by atoms with Crippen LogP contribution in [0.5, 0.6) is 0 Å². The van der Waals surface area contributed by atoms with Gasteiger partial charge in [-0.15, -0.1) is 11.8 Å². The first-order valence-corrected chi connectivity index (χ1v) is 7.51. The Kier molecular flexibility index (Phi) is 4.54. The van der Waals surface area contributed by atoms with Gasteiger partial charge in [-0.25, -0.2) is 0 Å². The zero-order valence-corrected chi connectivity index (χ0v) is 12.4. The van der Waals surface area contributed by atoms with Crippen LogP contribution in [0.1, 0.15) is 11.1 Å². The molecule has 0 radical (unpaired) electrons. The highest BCUT2D eigenvalue weighted by Gasteiger charge is 2.11. The molecule has 0 fully saturated rings. The maximum absolute atomic E-state index is 9.38. The molecule has 2 N–H and O–H groups in total. The van der Waals surface area contributed by atoms with E-state index >= 15 is 0 Å². The van der Waals surface area contributed by atoms with Crippen LogP contribution in [0, 0.1) is 11.3 Å². The molecule has 0 amide bonds. The first-order valence-electron chi connectivity index (χ1n) is 6.28. The summed E-state index contributed by atoms with van der Waals surface area (Å²) in [6, 6.07) is 16.1. The number of benzene rings is 2. The number of thioether (sulfide) groups is 1. The third-order valence-electron chi connectivity index (χ3n) is 3.15. The average Bonchev–Trinajstić information content (AvgIpc) is 2.48. The van der Waals surface area contributed by atoms with Gasteiger partial charge >= 0.3 is 0 Å². The quantitative estimate of drug-likeness (QED) is 0.689. The molecule has 0 aromatic heterocycles. The highest BCUT2D eigenvalue weighted by Crippen LogP contribution is 2.29. The number of nitrogen functional groups attached to an aromatic ring is 1. The Labute approximate surface area is 124 Å².